The molecule has 5 heteroatoms. The van der Waals surface area contributed by atoms with E-state index in [1.165, 1.54) is 0 Å². The molecule has 29 heavy (non-hydrogen) atoms. The third kappa shape index (κ3) is 6.34. The summed E-state index contributed by atoms with van der Waals surface area (Å²) >= 11 is 0. The van der Waals surface area contributed by atoms with E-state index in [-0.39, 0.29) is 30.6 Å². The summed E-state index contributed by atoms with van der Waals surface area (Å²) in [6.45, 7) is 10.7. The average molecular weight is 398 g/mol. The first kappa shape index (κ1) is 22.5. The van der Waals surface area contributed by atoms with Crippen LogP contribution in [0.15, 0.2) is 36.4 Å². The molecular weight excluding hydrogens is 366 g/mol. The van der Waals surface area contributed by atoms with Crippen molar-refractivity contribution in [3.05, 3.63) is 58.7 Å². The number of ether oxygens (including phenoxy) is 2. The standard InChI is InChI=1S/C24H31NO4/c1-6-28-22-12-10-19(15-23(22)29-7-2)18(5)25-24(27)13-11-21(26)20-14-16(3)8-9-17(20)4/h8-10,12,14-15,18H,6-7,11,13H2,1-5H3,(H,25,27)/t18-/m1/s1. The third-order valence-corrected chi connectivity index (χ3v) is 4.72. The van der Waals surface area contributed by atoms with Gasteiger partial charge in [-0.3, -0.25) is 9.59 Å². The zero-order valence-corrected chi connectivity index (χ0v) is 18.0. The van der Waals surface area contributed by atoms with E-state index in [0.717, 1.165) is 16.7 Å². The Balaban J connectivity index is 1.97. The Kier molecular flexibility index (Phi) is 8.25. The van der Waals surface area contributed by atoms with Gasteiger partial charge in [-0.05, 0) is 63.9 Å². The van der Waals surface area contributed by atoms with Crippen LogP contribution in [0.2, 0.25) is 0 Å². The Hall–Kier alpha value is -2.82. The van der Waals surface area contributed by atoms with E-state index >= 15 is 0 Å². The number of carbonyl (C=O) groups excluding carboxylic acids is 2. The lowest BCUT2D eigenvalue weighted by atomic mass is 9.99. The molecule has 2 rings (SSSR count). The largest absolute Gasteiger partial charge is 0.490 e. The molecular formula is C24H31NO4. The summed E-state index contributed by atoms with van der Waals surface area (Å²) in [4.78, 5) is 24.9. The van der Waals surface area contributed by atoms with Gasteiger partial charge >= 0.3 is 0 Å². The normalized spacial score (nSPS) is 11.6. The van der Waals surface area contributed by atoms with E-state index in [4.69, 9.17) is 9.47 Å². The van der Waals surface area contributed by atoms with Crippen LogP contribution >= 0.6 is 0 Å². The molecule has 0 radical (unpaired) electrons. The number of hydrogen-bond donors (Lipinski definition) is 1. The first-order chi connectivity index (χ1) is 13.8. The molecule has 5 nitrogen and oxygen atoms in total. The molecule has 0 heterocycles. The lowest BCUT2D eigenvalue weighted by Gasteiger charge is -2.17. The van der Waals surface area contributed by atoms with Gasteiger partial charge in [0.05, 0.1) is 19.3 Å². The first-order valence-corrected chi connectivity index (χ1v) is 10.1. The lowest BCUT2D eigenvalue weighted by molar-refractivity contribution is -0.121. The Labute approximate surface area is 173 Å². The van der Waals surface area contributed by atoms with Crippen LogP contribution in [-0.4, -0.2) is 24.9 Å². The minimum Gasteiger partial charge on any atom is -0.490 e. The Morgan fingerprint density at radius 1 is 0.931 bits per heavy atom. The Morgan fingerprint density at radius 3 is 2.31 bits per heavy atom. The number of carbonyl (C=O) groups is 2. The van der Waals surface area contributed by atoms with Gasteiger partial charge < -0.3 is 14.8 Å². The third-order valence-electron chi connectivity index (χ3n) is 4.72. The first-order valence-electron chi connectivity index (χ1n) is 10.1. The number of ketones is 1. The number of Topliss-reactive ketones (excluding diaryl/α,β-unsaturated/α-hetero) is 1. The fourth-order valence-corrected chi connectivity index (χ4v) is 3.13. The molecule has 0 aromatic heterocycles. The summed E-state index contributed by atoms with van der Waals surface area (Å²) in [6, 6.07) is 11.3. The van der Waals surface area contributed by atoms with Crippen molar-refractivity contribution in [2.24, 2.45) is 0 Å². The molecule has 0 saturated carbocycles. The van der Waals surface area contributed by atoms with Crippen molar-refractivity contribution in [1.29, 1.82) is 0 Å². The van der Waals surface area contributed by atoms with Gasteiger partial charge in [-0.15, -0.1) is 0 Å². The summed E-state index contributed by atoms with van der Waals surface area (Å²) in [5, 5.41) is 2.96. The summed E-state index contributed by atoms with van der Waals surface area (Å²) in [7, 11) is 0. The van der Waals surface area contributed by atoms with E-state index in [1.54, 1.807) is 0 Å². The van der Waals surface area contributed by atoms with Crippen LogP contribution in [0.3, 0.4) is 0 Å². The molecule has 0 saturated heterocycles. The Bertz CT molecular complexity index is 860. The van der Waals surface area contributed by atoms with Gasteiger partial charge in [-0.1, -0.05) is 23.8 Å². The SMILES string of the molecule is CCOc1ccc([C@@H](C)NC(=O)CCC(=O)c2cc(C)ccc2C)cc1OCC. The van der Waals surface area contributed by atoms with Gasteiger partial charge in [0.2, 0.25) is 5.91 Å². The molecule has 1 atom stereocenters. The molecule has 0 unspecified atom stereocenters. The number of rotatable bonds is 10. The zero-order chi connectivity index (χ0) is 21.4. The topological polar surface area (TPSA) is 64.6 Å². The lowest BCUT2D eigenvalue weighted by Crippen LogP contribution is -2.27. The molecule has 2 aromatic carbocycles. The highest BCUT2D eigenvalue weighted by Crippen LogP contribution is 2.30. The van der Waals surface area contributed by atoms with Gasteiger partial charge in [-0.2, -0.15) is 0 Å². The minimum absolute atomic E-state index is 0.00583. The quantitative estimate of drug-likeness (QED) is 0.577. The molecule has 0 bridgehead atoms. The number of nitrogens with one attached hydrogen (secondary N) is 1. The predicted molar refractivity (Wildman–Crippen MR) is 115 cm³/mol. The molecule has 0 aliphatic rings. The smallest absolute Gasteiger partial charge is 0.220 e. The second-order valence-corrected chi connectivity index (χ2v) is 7.10. The van der Waals surface area contributed by atoms with Crippen molar-refractivity contribution in [2.75, 3.05) is 13.2 Å². The molecule has 0 aliphatic heterocycles. The summed E-state index contributed by atoms with van der Waals surface area (Å²) in [5.41, 5.74) is 3.59. The van der Waals surface area contributed by atoms with Crippen molar-refractivity contribution >= 4 is 11.7 Å². The van der Waals surface area contributed by atoms with Crippen molar-refractivity contribution in [1.82, 2.24) is 5.32 Å². The maximum absolute atomic E-state index is 12.5. The second kappa shape index (κ2) is 10.6. The molecule has 156 valence electrons. The zero-order valence-electron chi connectivity index (χ0n) is 18.0. The Morgan fingerprint density at radius 2 is 1.62 bits per heavy atom. The van der Waals surface area contributed by atoms with Crippen LogP contribution in [0.1, 0.15) is 66.7 Å². The summed E-state index contributed by atoms with van der Waals surface area (Å²) in [5.74, 6) is 1.20. The number of benzene rings is 2. The monoisotopic (exact) mass is 397 g/mol. The molecule has 0 spiro atoms. The van der Waals surface area contributed by atoms with Crippen molar-refractivity contribution < 1.29 is 19.1 Å². The van der Waals surface area contributed by atoms with Crippen molar-refractivity contribution in [3.8, 4) is 11.5 Å². The van der Waals surface area contributed by atoms with Crippen LogP contribution in [-0.2, 0) is 4.79 Å². The van der Waals surface area contributed by atoms with Crippen LogP contribution in [0.25, 0.3) is 0 Å². The number of amides is 1. The van der Waals surface area contributed by atoms with Crippen LogP contribution in [0, 0.1) is 13.8 Å². The fourth-order valence-electron chi connectivity index (χ4n) is 3.13. The number of hydrogen-bond acceptors (Lipinski definition) is 4. The highest BCUT2D eigenvalue weighted by molar-refractivity contribution is 5.99. The second-order valence-electron chi connectivity index (χ2n) is 7.10. The van der Waals surface area contributed by atoms with E-state index < -0.39 is 0 Å². The van der Waals surface area contributed by atoms with Crippen LogP contribution in [0.4, 0.5) is 0 Å². The van der Waals surface area contributed by atoms with Crippen molar-refractivity contribution in [2.45, 2.75) is 53.5 Å². The highest BCUT2D eigenvalue weighted by atomic mass is 16.5. The highest BCUT2D eigenvalue weighted by Gasteiger charge is 2.16. The van der Waals surface area contributed by atoms with Gasteiger partial charge in [0, 0.05) is 18.4 Å². The molecule has 1 amide bonds. The summed E-state index contributed by atoms with van der Waals surface area (Å²) in [6.07, 6.45) is 0.349. The minimum atomic E-state index is -0.201. The molecule has 2 aromatic rings. The average Bonchev–Trinajstić information content (AvgIpc) is 2.69. The van der Waals surface area contributed by atoms with Crippen LogP contribution in [0.5, 0.6) is 11.5 Å². The molecule has 0 fully saturated rings. The van der Waals surface area contributed by atoms with Gasteiger partial charge in [0.1, 0.15) is 0 Å². The van der Waals surface area contributed by atoms with Crippen LogP contribution < -0.4 is 14.8 Å². The van der Waals surface area contributed by atoms with E-state index in [0.29, 0.717) is 30.3 Å². The summed E-state index contributed by atoms with van der Waals surface area (Å²) < 4.78 is 11.2. The van der Waals surface area contributed by atoms with Gasteiger partial charge in [0.15, 0.2) is 17.3 Å². The maximum Gasteiger partial charge on any atom is 0.220 e. The molecule has 0 aliphatic carbocycles. The van der Waals surface area contributed by atoms with E-state index in [1.807, 2.05) is 71.0 Å². The van der Waals surface area contributed by atoms with Gasteiger partial charge in [0.25, 0.3) is 0 Å². The fraction of sp³-hybridized carbons (Fsp3) is 0.417. The van der Waals surface area contributed by atoms with E-state index in [9.17, 15) is 9.59 Å². The predicted octanol–water partition coefficient (Wildman–Crippen LogP) is 4.94. The van der Waals surface area contributed by atoms with E-state index in [2.05, 4.69) is 5.32 Å². The number of aryl methyl sites for hydroxylation is 2. The molecule has 1 N–H and O–H groups in total. The maximum atomic E-state index is 12.5. The van der Waals surface area contributed by atoms with Gasteiger partial charge in [-0.25, -0.2) is 0 Å². The van der Waals surface area contributed by atoms with Crippen molar-refractivity contribution in [3.63, 3.8) is 0 Å².